The van der Waals surface area contributed by atoms with Crippen LogP contribution in [0.5, 0.6) is 0 Å². The predicted octanol–water partition coefficient (Wildman–Crippen LogP) is 4.16. The van der Waals surface area contributed by atoms with Crippen LogP contribution in [0.25, 0.3) is 0 Å². The van der Waals surface area contributed by atoms with Crippen molar-refractivity contribution >= 4 is 17.4 Å². The number of halogens is 3. The molecule has 4 heteroatoms. The van der Waals surface area contributed by atoms with Gasteiger partial charge >= 0.3 is 0 Å². The Morgan fingerprint density at radius 2 is 1.78 bits per heavy atom. The number of carbonyl (C=O) groups excluding carboxylic acids is 1. The number of aryl methyl sites for hydroxylation is 1. The molecule has 0 atom stereocenters. The number of benzene rings is 2. The molecule has 0 radical (unpaired) electrons. The monoisotopic (exact) mass is 266 g/mol. The van der Waals surface area contributed by atoms with Gasteiger partial charge in [-0.25, -0.2) is 8.78 Å². The minimum absolute atomic E-state index is 0.0422. The van der Waals surface area contributed by atoms with Crippen molar-refractivity contribution in [2.24, 2.45) is 0 Å². The maximum absolute atomic E-state index is 13.7. The van der Waals surface area contributed by atoms with E-state index in [1.807, 2.05) is 0 Å². The van der Waals surface area contributed by atoms with Gasteiger partial charge in [0.15, 0.2) is 5.78 Å². The molecule has 1 nitrogen and oxygen atoms in total. The molecule has 2 rings (SSSR count). The van der Waals surface area contributed by atoms with Crippen LogP contribution in [0.1, 0.15) is 21.5 Å². The molecule has 0 N–H and O–H groups in total. The first-order valence-electron chi connectivity index (χ1n) is 5.25. The SMILES string of the molecule is Cc1ccc(C(=O)c2cc(F)ccc2Cl)c(F)c1. The Hall–Kier alpha value is -1.74. The van der Waals surface area contributed by atoms with Gasteiger partial charge < -0.3 is 0 Å². The average molecular weight is 267 g/mol. The lowest BCUT2D eigenvalue weighted by Crippen LogP contribution is -2.05. The summed E-state index contributed by atoms with van der Waals surface area (Å²) in [4.78, 5) is 12.1. The van der Waals surface area contributed by atoms with Crippen molar-refractivity contribution in [2.75, 3.05) is 0 Å². The van der Waals surface area contributed by atoms with E-state index >= 15 is 0 Å². The van der Waals surface area contributed by atoms with Crippen LogP contribution in [0.2, 0.25) is 5.02 Å². The van der Waals surface area contributed by atoms with Crippen molar-refractivity contribution in [2.45, 2.75) is 6.92 Å². The van der Waals surface area contributed by atoms with Crippen LogP contribution in [0.3, 0.4) is 0 Å². The normalized spacial score (nSPS) is 10.4. The van der Waals surface area contributed by atoms with E-state index < -0.39 is 17.4 Å². The highest BCUT2D eigenvalue weighted by molar-refractivity contribution is 6.35. The van der Waals surface area contributed by atoms with Crippen molar-refractivity contribution < 1.29 is 13.6 Å². The molecule has 0 aromatic heterocycles. The summed E-state index contributed by atoms with van der Waals surface area (Å²) in [5.74, 6) is -1.85. The van der Waals surface area contributed by atoms with Gasteiger partial charge in [0, 0.05) is 5.56 Å². The number of carbonyl (C=O) groups is 1. The molecule has 2 aromatic carbocycles. The van der Waals surface area contributed by atoms with Gasteiger partial charge in [0.25, 0.3) is 0 Å². The van der Waals surface area contributed by atoms with Gasteiger partial charge in [0.1, 0.15) is 11.6 Å². The average Bonchev–Trinajstić information content (AvgIpc) is 2.31. The summed E-state index contributed by atoms with van der Waals surface area (Å²) >= 11 is 5.81. The summed E-state index contributed by atoms with van der Waals surface area (Å²) in [5.41, 5.74) is 0.543. The predicted molar refractivity (Wildman–Crippen MR) is 66.0 cm³/mol. The molecule has 0 aliphatic heterocycles. The van der Waals surface area contributed by atoms with Crippen molar-refractivity contribution in [1.82, 2.24) is 0 Å². The highest BCUT2D eigenvalue weighted by Gasteiger charge is 2.17. The van der Waals surface area contributed by atoms with E-state index in [-0.39, 0.29) is 16.1 Å². The Morgan fingerprint density at radius 3 is 2.44 bits per heavy atom. The lowest BCUT2D eigenvalue weighted by Gasteiger charge is -2.05. The summed E-state index contributed by atoms with van der Waals surface area (Å²) < 4.78 is 26.7. The van der Waals surface area contributed by atoms with Crippen LogP contribution >= 0.6 is 11.6 Å². The Bertz CT molecular complexity index is 623. The molecule has 2 aromatic rings. The Labute approximate surface area is 108 Å². The van der Waals surface area contributed by atoms with Crippen molar-refractivity contribution in [3.05, 3.63) is 69.7 Å². The van der Waals surface area contributed by atoms with E-state index in [9.17, 15) is 13.6 Å². The summed E-state index contributed by atoms with van der Waals surface area (Å²) in [6.07, 6.45) is 0. The molecule has 0 unspecified atom stereocenters. The fourth-order valence-corrected chi connectivity index (χ4v) is 1.82. The minimum Gasteiger partial charge on any atom is -0.288 e. The number of hydrogen-bond donors (Lipinski definition) is 0. The highest BCUT2D eigenvalue weighted by atomic mass is 35.5. The maximum Gasteiger partial charge on any atom is 0.197 e. The second-order valence-corrected chi connectivity index (χ2v) is 4.34. The molecule has 92 valence electrons. The molecule has 0 saturated carbocycles. The summed E-state index contributed by atoms with van der Waals surface area (Å²) in [7, 11) is 0. The molecule has 0 saturated heterocycles. The van der Waals surface area contributed by atoms with E-state index in [4.69, 9.17) is 11.6 Å². The number of rotatable bonds is 2. The second kappa shape index (κ2) is 4.86. The van der Waals surface area contributed by atoms with Crippen molar-refractivity contribution in [1.29, 1.82) is 0 Å². The quantitative estimate of drug-likeness (QED) is 0.746. The smallest absolute Gasteiger partial charge is 0.197 e. The lowest BCUT2D eigenvalue weighted by atomic mass is 10.0. The third kappa shape index (κ3) is 2.41. The van der Waals surface area contributed by atoms with Crippen molar-refractivity contribution in [3.63, 3.8) is 0 Å². The highest BCUT2D eigenvalue weighted by Crippen LogP contribution is 2.22. The molecule has 0 aliphatic rings. The molecule has 0 aliphatic carbocycles. The minimum atomic E-state index is -0.639. The van der Waals surface area contributed by atoms with E-state index in [2.05, 4.69) is 0 Å². The van der Waals surface area contributed by atoms with E-state index in [0.29, 0.717) is 5.56 Å². The molecule has 18 heavy (non-hydrogen) atoms. The molecule has 0 heterocycles. The van der Waals surface area contributed by atoms with Crippen LogP contribution in [-0.4, -0.2) is 5.78 Å². The van der Waals surface area contributed by atoms with Crippen LogP contribution in [0.15, 0.2) is 36.4 Å². The first-order valence-corrected chi connectivity index (χ1v) is 5.63. The first kappa shape index (κ1) is 12.7. The van der Waals surface area contributed by atoms with Crippen LogP contribution in [-0.2, 0) is 0 Å². The zero-order valence-electron chi connectivity index (χ0n) is 9.51. The fourth-order valence-electron chi connectivity index (χ4n) is 1.62. The molecule has 0 bridgehead atoms. The lowest BCUT2D eigenvalue weighted by molar-refractivity contribution is 0.103. The largest absolute Gasteiger partial charge is 0.288 e. The third-order valence-corrected chi connectivity index (χ3v) is 2.87. The van der Waals surface area contributed by atoms with Crippen LogP contribution in [0, 0.1) is 18.6 Å². The zero-order chi connectivity index (χ0) is 13.3. The number of ketones is 1. The van der Waals surface area contributed by atoms with Gasteiger partial charge in [-0.1, -0.05) is 17.7 Å². The van der Waals surface area contributed by atoms with Gasteiger partial charge in [0.2, 0.25) is 0 Å². The van der Waals surface area contributed by atoms with Gasteiger partial charge in [0.05, 0.1) is 10.6 Å². The van der Waals surface area contributed by atoms with Crippen LogP contribution in [0.4, 0.5) is 8.78 Å². The topological polar surface area (TPSA) is 17.1 Å². The fraction of sp³-hybridized carbons (Fsp3) is 0.0714. The molecule has 0 amide bonds. The van der Waals surface area contributed by atoms with Crippen LogP contribution < -0.4 is 0 Å². The van der Waals surface area contributed by atoms with Crippen molar-refractivity contribution in [3.8, 4) is 0 Å². The third-order valence-electron chi connectivity index (χ3n) is 2.54. The Morgan fingerprint density at radius 1 is 1.06 bits per heavy atom. The van der Waals surface area contributed by atoms with E-state index in [0.717, 1.165) is 12.1 Å². The Kier molecular flexibility index (Phi) is 3.43. The second-order valence-electron chi connectivity index (χ2n) is 3.94. The molecule has 0 spiro atoms. The Balaban J connectivity index is 2.51. The van der Waals surface area contributed by atoms with Gasteiger partial charge in [-0.15, -0.1) is 0 Å². The molecular formula is C14H9ClF2O. The van der Waals surface area contributed by atoms with E-state index in [1.54, 1.807) is 13.0 Å². The summed E-state index contributed by atoms with van der Waals surface area (Å²) in [6.45, 7) is 1.71. The summed E-state index contributed by atoms with van der Waals surface area (Å²) in [6, 6.07) is 7.66. The van der Waals surface area contributed by atoms with E-state index in [1.165, 1.54) is 18.2 Å². The first-order chi connectivity index (χ1) is 8.49. The molecular weight excluding hydrogens is 258 g/mol. The van der Waals surface area contributed by atoms with Gasteiger partial charge in [-0.2, -0.15) is 0 Å². The summed E-state index contributed by atoms with van der Waals surface area (Å²) in [5, 5.41) is 0.0985. The maximum atomic E-state index is 13.7. The number of hydrogen-bond acceptors (Lipinski definition) is 1. The standard InChI is InChI=1S/C14H9ClF2O/c1-8-2-4-10(13(17)6-8)14(18)11-7-9(16)3-5-12(11)15/h2-7H,1H3. The molecule has 0 fully saturated rings. The van der Waals surface area contributed by atoms with Gasteiger partial charge in [-0.05, 0) is 42.8 Å². The zero-order valence-corrected chi connectivity index (χ0v) is 10.3. The van der Waals surface area contributed by atoms with Gasteiger partial charge in [-0.3, -0.25) is 4.79 Å².